The van der Waals surface area contributed by atoms with Crippen LogP contribution in [0.2, 0.25) is 0 Å². The zero-order chi connectivity index (χ0) is 14.3. The van der Waals surface area contributed by atoms with E-state index in [1.807, 2.05) is 0 Å². The molecule has 7 heteroatoms. The van der Waals surface area contributed by atoms with Crippen molar-refractivity contribution in [3.05, 3.63) is 29.8 Å². The van der Waals surface area contributed by atoms with Gasteiger partial charge in [0.15, 0.2) is 6.35 Å². The molecule has 0 aromatic heterocycles. The third-order valence-electron chi connectivity index (χ3n) is 2.14. The second kappa shape index (κ2) is 7.28. The first-order chi connectivity index (χ1) is 9.00. The predicted octanol–water partition coefficient (Wildman–Crippen LogP) is 2.99. The van der Waals surface area contributed by atoms with Gasteiger partial charge in [0.05, 0.1) is 18.8 Å². The molecule has 0 radical (unpaired) electrons. The first-order valence-electron chi connectivity index (χ1n) is 5.85. The Morgan fingerprint density at radius 1 is 1.16 bits per heavy atom. The fraction of sp³-hybridized carbons (Fsp3) is 0.417. The van der Waals surface area contributed by atoms with E-state index in [1.165, 1.54) is 24.3 Å². The van der Waals surface area contributed by atoms with Gasteiger partial charge in [-0.25, -0.2) is 4.79 Å². The molecule has 0 aliphatic rings. The Morgan fingerprint density at radius 3 is 2.11 bits per heavy atom. The molecule has 0 heterocycles. The molecule has 0 aliphatic heterocycles. The van der Waals surface area contributed by atoms with E-state index in [0.29, 0.717) is 5.75 Å². The molecular weight excluding hydrogens is 271 g/mol. The van der Waals surface area contributed by atoms with Crippen LogP contribution in [0, 0.1) is 0 Å². The van der Waals surface area contributed by atoms with Gasteiger partial charge < -0.3 is 18.9 Å². The molecule has 106 valence electrons. The van der Waals surface area contributed by atoms with E-state index < -0.39 is 13.6 Å². The van der Waals surface area contributed by atoms with Crippen LogP contribution < -0.4 is 4.74 Å². The van der Waals surface area contributed by atoms with Crippen LogP contribution in [0.1, 0.15) is 24.2 Å². The number of rotatable bonds is 8. The Bertz CT molecular complexity index is 446. The van der Waals surface area contributed by atoms with E-state index in [4.69, 9.17) is 18.9 Å². The number of hydrogen-bond acceptors (Lipinski definition) is 5. The number of hydrogen-bond donors (Lipinski definition) is 1. The third-order valence-corrected chi connectivity index (χ3v) is 3.89. The first-order valence-corrected chi connectivity index (χ1v) is 7.58. The van der Waals surface area contributed by atoms with Gasteiger partial charge in [0.2, 0.25) is 0 Å². The SMILES string of the molecule is CCOP(=O)(COc1ccc(C(=O)O)cc1)OCC. The van der Waals surface area contributed by atoms with Crippen molar-refractivity contribution in [2.45, 2.75) is 13.8 Å². The summed E-state index contributed by atoms with van der Waals surface area (Å²) >= 11 is 0. The van der Waals surface area contributed by atoms with Crippen molar-refractivity contribution < 1.29 is 28.3 Å². The first kappa shape index (κ1) is 15.7. The Kier molecular flexibility index (Phi) is 6.02. The Morgan fingerprint density at radius 2 is 1.68 bits per heavy atom. The fourth-order valence-corrected chi connectivity index (χ4v) is 2.67. The normalized spacial score (nSPS) is 11.3. The van der Waals surface area contributed by atoms with Gasteiger partial charge in [-0.15, -0.1) is 0 Å². The Hall–Kier alpha value is -1.36. The van der Waals surface area contributed by atoms with Crippen LogP contribution in [-0.4, -0.2) is 30.6 Å². The average Bonchev–Trinajstić information content (AvgIpc) is 2.37. The molecule has 6 nitrogen and oxygen atoms in total. The molecule has 1 N–H and O–H groups in total. The van der Waals surface area contributed by atoms with Gasteiger partial charge in [0.1, 0.15) is 5.75 Å². The van der Waals surface area contributed by atoms with Crippen LogP contribution in [0.15, 0.2) is 24.3 Å². The highest BCUT2D eigenvalue weighted by Gasteiger charge is 2.24. The standard InChI is InChI=1S/C12H17O6P/c1-3-17-19(15,18-4-2)9-16-11-7-5-10(6-8-11)12(13)14/h5-8H,3-4,9H2,1-2H3,(H,13,14). The second-order valence-corrected chi connectivity index (χ2v) is 5.55. The third kappa shape index (κ3) is 5.03. The maximum Gasteiger partial charge on any atom is 0.367 e. The molecule has 0 unspecified atom stereocenters. The summed E-state index contributed by atoms with van der Waals surface area (Å²) in [4.78, 5) is 10.7. The zero-order valence-electron chi connectivity index (χ0n) is 10.9. The van der Waals surface area contributed by atoms with E-state index in [2.05, 4.69) is 0 Å². The molecule has 0 bridgehead atoms. The summed E-state index contributed by atoms with van der Waals surface area (Å²) in [6, 6.07) is 5.80. The molecule has 0 atom stereocenters. The molecule has 0 amide bonds. The lowest BCUT2D eigenvalue weighted by molar-refractivity contribution is 0.0696. The minimum atomic E-state index is -3.25. The smallest absolute Gasteiger partial charge is 0.367 e. The predicted molar refractivity (Wildman–Crippen MR) is 69.8 cm³/mol. The van der Waals surface area contributed by atoms with E-state index >= 15 is 0 Å². The van der Waals surface area contributed by atoms with Gasteiger partial charge in [-0.3, -0.25) is 4.57 Å². The van der Waals surface area contributed by atoms with Crippen molar-refractivity contribution in [2.75, 3.05) is 19.6 Å². The van der Waals surface area contributed by atoms with Crippen LogP contribution in [-0.2, 0) is 13.6 Å². The van der Waals surface area contributed by atoms with Crippen molar-refractivity contribution in [1.29, 1.82) is 0 Å². The summed E-state index contributed by atoms with van der Waals surface area (Å²) in [7, 11) is -3.25. The van der Waals surface area contributed by atoms with Crippen LogP contribution in [0.3, 0.4) is 0 Å². The van der Waals surface area contributed by atoms with Gasteiger partial charge in [0.25, 0.3) is 0 Å². The molecule has 1 aromatic carbocycles. The minimum Gasteiger partial charge on any atom is -0.481 e. The van der Waals surface area contributed by atoms with Gasteiger partial charge in [0, 0.05) is 0 Å². The van der Waals surface area contributed by atoms with E-state index in [9.17, 15) is 9.36 Å². The lowest BCUT2D eigenvalue weighted by Crippen LogP contribution is -2.06. The molecule has 0 saturated carbocycles. The van der Waals surface area contributed by atoms with Gasteiger partial charge in [-0.05, 0) is 38.1 Å². The highest BCUT2D eigenvalue weighted by Crippen LogP contribution is 2.47. The molecule has 0 saturated heterocycles. The van der Waals surface area contributed by atoms with Gasteiger partial charge >= 0.3 is 13.6 Å². The maximum absolute atomic E-state index is 12.1. The van der Waals surface area contributed by atoms with Crippen molar-refractivity contribution >= 4 is 13.6 Å². The summed E-state index contributed by atoms with van der Waals surface area (Å²) in [5.41, 5.74) is 0.158. The number of carboxylic acids is 1. The average molecular weight is 288 g/mol. The molecule has 0 spiro atoms. The zero-order valence-corrected chi connectivity index (χ0v) is 11.8. The van der Waals surface area contributed by atoms with Crippen molar-refractivity contribution in [2.24, 2.45) is 0 Å². The summed E-state index contributed by atoms with van der Waals surface area (Å²) in [5, 5.41) is 8.75. The van der Waals surface area contributed by atoms with Crippen LogP contribution >= 0.6 is 7.60 Å². The number of carboxylic acid groups (broad SMARTS) is 1. The van der Waals surface area contributed by atoms with Crippen LogP contribution in [0.5, 0.6) is 5.75 Å². The molecular formula is C12H17O6P. The minimum absolute atomic E-state index is 0.158. The lowest BCUT2D eigenvalue weighted by atomic mass is 10.2. The van der Waals surface area contributed by atoms with E-state index in [-0.39, 0.29) is 25.1 Å². The number of ether oxygens (including phenoxy) is 1. The Labute approximate surface area is 111 Å². The van der Waals surface area contributed by atoms with Crippen LogP contribution in [0.4, 0.5) is 0 Å². The summed E-state index contributed by atoms with van der Waals surface area (Å²) < 4.78 is 27.5. The quantitative estimate of drug-likeness (QED) is 0.740. The topological polar surface area (TPSA) is 82.1 Å². The monoisotopic (exact) mass is 288 g/mol. The van der Waals surface area contributed by atoms with Crippen LogP contribution in [0.25, 0.3) is 0 Å². The van der Waals surface area contributed by atoms with E-state index in [1.54, 1.807) is 13.8 Å². The second-order valence-electron chi connectivity index (χ2n) is 3.55. The van der Waals surface area contributed by atoms with E-state index in [0.717, 1.165) is 0 Å². The highest BCUT2D eigenvalue weighted by atomic mass is 31.2. The fourth-order valence-electron chi connectivity index (χ4n) is 1.35. The number of carbonyl (C=O) groups is 1. The molecule has 1 rings (SSSR count). The number of aromatic carboxylic acids is 1. The molecule has 1 aromatic rings. The molecule has 0 aliphatic carbocycles. The maximum atomic E-state index is 12.1. The Balaban J connectivity index is 2.64. The molecule has 19 heavy (non-hydrogen) atoms. The van der Waals surface area contributed by atoms with Gasteiger partial charge in [-0.1, -0.05) is 0 Å². The summed E-state index contributed by atoms with van der Waals surface area (Å²) in [6.45, 7) is 3.96. The highest BCUT2D eigenvalue weighted by molar-refractivity contribution is 7.53. The van der Waals surface area contributed by atoms with Crippen molar-refractivity contribution in [3.63, 3.8) is 0 Å². The van der Waals surface area contributed by atoms with Crippen molar-refractivity contribution in [1.82, 2.24) is 0 Å². The van der Waals surface area contributed by atoms with Gasteiger partial charge in [-0.2, -0.15) is 0 Å². The summed E-state index contributed by atoms with van der Waals surface area (Å²) in [5.74, 6) is -0.606. The lowest BCUT2D eigenvalue weighted by Gasteiger charge is -2.17. The molecule has 0 fully saturated rings. The summed E-state index contributed by atoms with van der Waals surface area (Å²) in [6.07, 6.45) is -0.207. The largest absolute Gasteiger partial charge is 0.481 e. The van der Waals surface area contributed by atoms with Crippen molar-refractivity contribution in [3.8, 4) is 5.75 Å². The number of benzene rings is 1.